The van der Waals surface area contributed by atoms with Crippen molar-refractivity contribution in [1.82, 2.24) is 5.32 Å². The number of hydrogen-bond donors (Lipinski definition) is 1. The highest BCUT2D eigenvalue weighted by Gasteiger charge is 2.07. The van der Waals surface area contributed by atoms with Crippen LogP contribution in [-0.2, 0) is 14.3 Å². The molecule has 0 aromatic heterocycles. The van der Waals surface area contributed by atoms with Gasteiger partial charge in [0, 0.05) is 32.2 Å². The Bertz CT molecular complexity index is 434. The summed E-state index contributed by atoms with van der Waals surface area (Å²) in [6.45, 7) is 3.58. The molecule has 0 aliphatic heterocycles. The molecule has 1 aromatic carbocycles. The molecule has 0 saturated carbocycles. The van der Waals surface area contributed by atoms with Gasteiger partial charge in [-0.1, -0.05) is 18.2 Å². The summed E-state index contributed by atoms with van der Waals surface area (Å²) in [6, 6.07) is 10.1. The van der Waals surface area contributed by atoms with Crippen molar-refractivity contribution >= 4 is 17.6 Å². The molecule has 0 radical (unpaired) electrons. The second-order valence-electron chi connectivity index (χ2n) is 4.77. The molecule has 1 aromatic rings. The molecule has 0 saturated heterocycles. The molecule has 0 spiro atoms. The molecule has 0 aliphatic carbocycles. The van der Waals surface area contributed by atoms with Gasteiger partial charge in [0.1, 0.15) is 0 Å². The number of esters is 1. The molecule has 0 heterocycles. The van der Waals surface area contributed by atoms with Crippen molar-refractivity contribution in [1.29, 1.82) is 0 Å². The topological polar surface area (TPSA) is 58.6 Å². The van der Waals surface area contributed by atoms with Crippen molar-refractivity contribution < 1.29 is 14.3 Å². The van der Waals surface area contributed by atoms with Crippen molar-refractivity contribution in [2.75, 3.05) is 31.6 Å². The Balaban J connectivity index is 2.11. The second kappa shape index (κ2) is 9.80. The number of benzene rings is 1. The molecular formula is C16H24N2O3. The third kappa shape index (κ3) is 7.34. The van der Waals surface area contributed by atoms with Crippen LogP contribution in [0.5, 0.6) is 0 Å². The molecule has 0 unspecified atom stereocenters. The van der Waals surface area contributed by atoms with Gasteiger partial charge in [-0.15, -0.1) is 0 Å². The van der Waals surface area contributed by atoms with Crippen LogP contribution >= 0.6 is 0 Å². The molecule has 1 rings (SSSR count). The molecule has 116 valence electrons. The molecule has 21 heavy (non-hydrogen) atoms. The highest BCUT2D eigenvalue weighted by molar-refractivity contribution is 5.81. The highest BCUT2D eigenvalue weighted by atomic mass is 16.5. The van der Waals surface area contributed by atoms with Crippen LogP contribution in [-0.4, -0.2) is 38.6 Å². The lowest BCUT2D eigenvalue weighted by molar-refractivity contribution is -0.144. The number of rotatable bonds is 9. The first-order valence-electron chi connectivity index (χ1n) is 7.32. The number of nitrogens with one attached hydrogen (secondary N) is 1. The predicted molar refractivity (Wildman–Crippen MR) is 83.2 cm³/mol. The average molecular weight is 292 g/mol. The smallest absolute Gasteiger partial charge is 0.306 e. The molecule has 1 N–H and O–H groups in total. The zero-order valence-corrected chi connectivity index (χ0v) is 12.8. The molecule has 0 fully saturated rings. The predicted octanol–water partition coefficient (Wildman–Crippen LogP) is 1.97. The Morgan fingerprint density at radius 3 is 2.57 bits per heavy atom. The van der Waals surface area contributed by atoms with Gasteiger partial charge in [-0.2, -0.15) is 0 Å². The van der Waals surface area contributed by atoms with E-state index in [9.17, 15) is 9.59 Å². The van der Waals surface area contributed by atoms with Crippen LogP contribution in [0.3, 0.4) is 0 Å². The van der Waals surface area contributed by atoms with Gasteiger partial charge in [0.2, 0.25) is 5.91 Å². The normalized spacial score (nSPS) is 10.0. The molecule has 1 amide bonds. The summed E-state index contributed by atoms with van der Waals surface area (Å²) in [4.78, 5) is 24.8. The number of amides is 1. The lowest BCUT2D eigenvalue weighted by atomic mass is 10.2. The Morgan fingerprint density at radius 1 is 1.19 bits per heavy atom. The lowest BCUT2D eigenvalue weighted by Gasteiger charge is -2.19. The molecule has 0 aliphatic rings. The number of carbonyl (C=O) groups excluding carboxylic acids is 2. The summed E-state index contributed by atoms with van der Waals surface area (Å²) in [6.07, 6.45) is 1.19. The van der Waals surface area contributed by atoms with Crippen LogP contribution in [0.25, 0.3) is 0 Å². The van der Waals surface area contributed by atoms with E-state index in [1.54, 1.807) is 6.92 Å². The van der Waals surface area contributed by atoms with Crippen LogP contribution in [0.2, 0.25) is 0 Å². The molecule has 0 bridgehead atoms. The second-order valence-corrected chi connectivity index (χ2v) is 4.77. The zero-order valence-electron chi connectivity index (χ0n) is 12.8. The standard InChI is InChI=1S/C16H24N2O3/c1-3-21-16(20)11-10-15(19)17-12-7-13-18(2)14-8-5-4-6-9-14/h4-6,8-9H,3,7,10-13H2,1-2H3,(H,17,19). The van der Waals surface area contributed by atoms with Gasteiger partial charge in [0.05, 0.1) is 13.0 Å². The first-order chi connectivity index (χ1) is 10.1. The van der Waals surface area contributed by atoms with Crippen LogP contribution in [0.1, 0.15) is 26.2 Å². The van der Waals surface area contributed by atoms with E-state index in [1.807, 2.05) is 25.2 Å². The van der Waals surface area contributed by atoms with Crippen LogP contribution in [0.15, 0.2) is 30.3 Å². The maximum Gasteiger partial charge on any atom is 0.306 e. The van der Waals surface area contributed by atoms with Gasteiger partial charge in [0.15, 0.2) is 0 Å². The third-order valence-electron chi connectivity index (χ3n) is 3.05. The minimum absolute atomic E-state index is 0.106. The molecular weight excluding hydrogens is 268 g/mol. The van der Waals surface area contributed by atoms with Gasteiger partial charge in [-0.3, -0.25) is 9.59 Å². The summed E-state index contributed by atoms with van der Waals surface area (Å²) in [5, 5.41) is 2.81. The van der Waals surface area contributed by atoms with E-state index >= 15 is 0 Å². The number of hydrogen-bond acceptors (Lipinski definition) is 4. The van der Waals surface area contributed by atoms with E-state index < -0.39 is 0 Å². The minimum Gasteiger partial charge on any atom is -0.466 e. The van der Waals surface area contributed by atoms with Crippen molar-refractivity contribution in [2.45, 2.75) is 26.2 Å². The van der Waals surface area contributed by atoms with Crippen LogP contribution in [0, 0.1) is 0 Å². The Hall–Kier alpha value is -2.04. The summed E-state index contributed by atoms with van der Waals surface area (Å²) in [7, 11) is 2.03. The zero-order chi connectivity index (χ0) is 15.5. The fourth-order valence-corrected chi connectivity index (χ4v) is 1.89. The van der Waals surface area contributed by atoms with E-state index in [0.29, 0.717) is 13.2 Å². The number of para-hydroxylation sites is 1. The van der Waals surface area contributed by atoms with Crippen molar-refractivity contribution in [2.24, 2.45) is 0 Å². The largest absolute Gasteiger partial charge is 0.466 e. The van der Waals surface area contributed by atoms with Crippen LogP contribution in [0.4, 0.5) is 5.69 Å². The van der Waals surface area contributed by atoms with Gasteiger partial charge >= 0.3 is 5.97 Å². The Kier molecular flexibility index (Phi) is 7.94. The number of nitrogens with zero attached hydrogens (tertiary/aromatic N) is 1. The average Bonchev–Trinajstić information content (AvgIpc) is 2.50. The van der Waals surface area contributed by atoms with Gasteiger partial charge in [-0.25, -0.2) is 0 Å². The molecule has 5 heteroatoms. The minimum atomic E-state index is -0.323. The lowest BCUT2D eigenvalue weighted by Crippen LogP contribution is -2.28. The van der Waals surface area contributed by atoms with Crippen molar-refractivity contribution in [3.05, 3.63) is 30.3 Å². The van der Waals surface area contributed by atoms with E-state index in [1.165, 1.54) is 0 Å². The fraction of sp³-hybridized carbons (Fsp3) is 0.500. The van der Waals surface area contributed by atoms with E-state index in [4.69, 9.17) is 4.74 Å². The number of anilines is 1. The van der Waals surface area contributed by atoms with E-state index in [0.717, 1.165) is 18.7 Å². The van der Waals surface area contributed by atoms with E-state index in [2.05, 4.69) is 22.3 Å². The Morgan fingerprint density at radius 2 is 1.90 bits per heavy atom. The Labute approximate surface area is 126 Å². The monoisotopic (exact) mass is 292 g/mol. The van der Waals surface area contributed by atoms with Crippen LogP contribution < -0.4 is 10.2 Å². The first kappa shape index (κ1) is 17.0. The summed E-state index contributed by atoms with van der Waals surface area (Å²) >= 11 is 0. The molecule has 0 atom stereocenters. The van der Waals surface area contributed by atoms with Gasteiger partial charge in [0.25, 0.3) is 0 Å². The van der Waals surface area contributed by atoms with Crippen molar-refractivity contribution in [3.8, 4) is 0 Å². The van der Waals surface area contributed by atoms with E-state index in [-0.39, 0.29) is 24.7 Å². The van der Waals surface area contributed by atoms with Gasteiger partial charge in [-0.05, 0) is 25.5 Å². The highest BCUT2D eigenvalue weighted by Crippen LogP contribution is 2.10. The molecule has 5 nitrogen and oxygen atoms in total. The maximum absolute atomic E-state index is 11.5. The summed E-state index contributed by atoms with van der Waals surface area (Å²) in [5.74, 6) is -0.429. The third-order valence-corrected chi connectivity index (χ3v) is 3.05. The van der Waals surface area contributed by atoms with Gasteiger partial charge < -0.3 is 15.0 Å². The summed E-state index contributed by atoms with van der Waals surface area (Å²) in [5.41, 5.74) is 1.16. The maximum atomic E-state index is 11.5. The SMILES string of the molecule is CCOC(=O)CCC(=O)NCCCN(C)c1ccccc1. The fourth-order valence-electron chi connectivity index (χ4n) is 1.89. The number of carbonyl (C=O) groups is 2. The first-order valence-corrected chi connectivity index (χ1v) is 7.32. The van der Waals surface area contributed by atoms with Crippen molar-refractivity contribution in [3.63, 3.8) is 0 Å². The number of ether oxygens (including phenoxy) is 1. The summed E-state index contributed by atoms with van der Waals surface area (Å²) < 4.78 is 4.77. The quantitative estimate of drug-likeness (QED) is 0.558.